The quantitative estimate of drug-likeness (QED) is 0.0538. The highest BCUT2D eigenvalue weighted by Crippen LogP contribution is 2.35. The van der Waals surface area contributed by atoms with Crippen LogP contribution in [0.15, 0.2) is 82.6 Å². The van der Waals surface area contributed by atoms with Gasteiger partial charge in [-0.3, -0.25) is 4.79 Å². The molecular weight excluding hydrogens is 977 g/mol. The van der Waals surface area contributed by atoms with Crippen LogP contribution in [0.5, 0.6) is 0 Å². The van der Waals surface area contributed by atoms with Gasteiger partial charge in [0, 0.05) is 44.2 Å². The summed E-state index contributed by atoms with van der Waals surface area (Å²) >= 11 is 0. The molecule has 0 saturated carbocycles. The van der Waals surface area contributed by atoms with Crippen LogP contribution in [-0.4, -0.2) is 93.5 Å². The van der Waals surface area contributed by atoms with Crippen LogP contribution in [0, 0.1) is 35.1 Å². The van der Waals surface area contributed by atoms with Crippen molar-refractivity contribution in [2.24, 2.45) is 11.8 Å². The van der Waals surface area contributed by atoms with E-state index < -0.39 is 78.9 Å². The molecule has 19 heteroatoms. The first kappa shape index (κ1) is 58.0. The summed E-state index contributed by atoms with van der Waals surface area (Å²) in [5.41, 5.74) is 3.19. The monoisotopic (exact) mass is 1050 g/mol. The number of benzene rings is 4. The van der Waals surface area contributed by atoms with E-state index in [0.29, 0.717) is 46.3 Å². The minimum absolute atomic E-state index is 0.00315. The van der Waals surface area contributed by atoms with Crippen LogP contribution < -0.4 is 21.3 Å². The Labute approximate surface area is 421 Å². The Morgan fingerprint density at radius 3 is 1.32 bits per heavy atom. The Morgan fingerprint density at radius 1 is 0.597 bits per heavy atom. The molecule has 2 aliphatic rings. The second-order valence-electron chi connectivity index (χ2n) is 20.7. The molecule has 4 aromatic rings. The molecule has 6 rings (SSSR count). The third-order valence-electron chi connectivity index (χ3n) is 12.1. The fourth-order valence-corrected chi connectivity index (χ4v) is 12.3. The summed E-state index contributed by atoms with van der Waals surface area (Å²) < 4.78 is 111. The SMILES string of the molecule is CC(=O)NC(Cc1cc(F)cc(F)c1)C(O)CNC1CCS(=O)(=O)c2ccc(CC(C)C)cc21.CC(C)Cc1ccc2c(c1)C(NCC(O)C(Cc1cc(F)cc(F)c1)NC(=O)OC(C)(C)C)CCS2(=O)=O. The largest absolute Gasteiger partial charge is 0.444 e. The van der Waals surface area contributed by atoms with E-state index >= 15 is 0 Å². The van der Waals surface area contributed by atoms with E-state index in [1.54, 1.807) is 32.9 Å². The normalized spacial score (nSPS) is 18.7. The van der Waals surface area contributed by atoms with Gasteiger partial charge in [-0.2, -0.15) is 0 Å². The first-order valence-electron chi connectivity index (χ1n) is 24.3. The molecule has 4 aromatic carbocycles. The van der Waals surface area contributed by atoms with Crippen molar-refractivity contribution in [1.82, 2.24) is 21.3 Å². The number of alkyl carbamates (subject to hydrolysis) is 1. The summed E-state index contributed by atoms with van der Waals surface area (Å²) in [6.45, 7) is 14.8. The summed E-state index contributed by atoms with van der Waals surface area (Å²) in [6, 6.07) is 14.6. The van der Waals surface area contributed by atoms with E-state index in [9.17, 15) is 54.2 Å². The zero-order valence-electron chi connectivity index (χ0n) is 42.2. The molecule has 396 valence electrons. The molecule has 0 bridgehead atoms. The highest BCUT2D eigenvalue weighted by molar-refractivity contribution is 7.91. The van der Waals surface area contributed by atoms with Crippen molar-refractivity contribution in [3.05, 3.63) is 129 Å². The van der Waals surface area contributed by atoms with Crippen molar-refractivity contribution in [1.29, 1.82) is 0 Å². The van der Waals surface area contributed by atoms with Gasteiger partial charge in [-0.1, -0.05) is 52.0 Å². The van der Waals surface area contributed by atoms with Gasteiger partial charge in [-0.05, 0) is 141 Å². The molecule has 0 radical (unpaired) electrons. The minimum atomic E-state index is -3.40. The Kier molecular flexibility index (Phi) is 20.0. The van der Waals surface area contributed by atoms with Gasteiger partial charge in [0.2, 0.25) is 5.91 Å². The van der Waals surface area contributed by atoms with Gasteiger partial charge >= 0.3 is 6.09 Å². The number of amides is 2. The van der Waals surface area contributed by atoms with E-state index in [1.165, 1.54) is 6.92 Å². The molecule has 0 aliphatic carbocycles. The summed E-state index contributed by atoms with van der Waals surface area (Å²) in [7, 11) is -6.77. The van der Waals surface area contributed by atoms with Crippen molar-refractivity contribution in [2.45, 2.75) is 146 Å². The Balaban J connectivity index is 0.000000269. The number of aliphatic hydroxyl groups excluding tert-OH is 2. The number of aliphatic hydroxyl groups is 2. The predicted octanol–water partition coefficient (Wildman–Crippen LogP) is 7.55. The van der Waals surface area contributed by atoms with E-state index in [1.807, 2.05) is 24.3 Å². The average Bonchev–Trinajstić information content (AvgIpc) is 3.23. The summed E-state index contributed by atoms with van der Waals surface area (Å²) in [6.07, 6.45) is -0.737. The number of ether oxygens (including phenoxy) is 1. The summed E-state index contributed by atoms with van der Waals surface area (Å²) in [5.74, 6) is -2.60. The van der Waals surface area contributed by atoms with Crippen LogP contribution >= 0.6 is 0 Å². The number of rotatable bonds is 18. The number of nitrogens with one attached hydrogen (secondary N) is 4. The molecule has 0 fully saturated rings. The molecule has 0 aromatic heterocycles. The molecule has 6 N–H and O–H groups in total. The highest BCUT2D eigenvalue weighted by Gasteiger charge is 2.34. The first-order chi connectivity index (χ1) is 33.6. The lowest BCUT2D eigenvalue weighted by atomic mass is 9.96. The summed E-state index contributed by atoms with van der Waals surface area (Å²) in [5, 5.41) is 33.7. The van der Waals surface area contributed by atoms with Crippen molar-refractivity contribution < 1.29 is 58.9 Å². The molecule has 13 nitrogen and oxygen atoms in total. The topological polar surface area (TPSA) is 200 Å². The van der Waals surface area contributed by atoms with Gasteiger partial charge in [0.25, 0.3) is 0 Å². The standard InChI is InChI=1S/C28H38F2N2O5S.C25H32F2N2O4S/c1-17(2)10-18-6-7-26-22(13-18)23(8-9-38(26,35)36)31-16-25(33)24(32-27(34)37-28(3,4)5)14-19-11-20(29)15-21(30)12-19;1-15(2)8-17-4-5-25-21(11-17)22(6-7-34(25,32)33)28-14-24(31)23(29-16(3)30)12-18-9-19(26)13-20(27)10-18/h6-7,11-13,15,17,23-25,31,33H,8-10,14,16H2,1-5H3,(H,32,34);4-5,9-11,13,15,22-24,28,31H,6-8,12,14H2,1-3H3,(H,29,30). The number of carbonyl (C=O) groups excluding carboxylic acids is 2. The van der Waals surface area contributed by atoms with Crippen molar-refractivity contribution in [3.63, 3.8) is 0 Å². The third-order valence-corrected chi connectivity index (χ3v) is 15.8. The molecule has 2 amide bonds. The number of sulfone groups is 2. The number of fused-ring (bicyclic) bond motifs is 2. The van der Waals surface area contributed by atoms with E-state index in [0.717, 1.165) is 60.4 Å². The van der Waals surface area contributed by atoms with Gasteiger partial charge in [0.1, 0.15) is 28.9 Å². The second kappa shape index (κ2) is 24.9. The van der Waals surface area contributed by atoms with Gasteiger partial charge < -0.3 is 36.2 Å². The van der Waals surface area contributed by atoms with Gasteiger partial charge in [-0.15, -0.1) is 0 Å². The van der Waals surface area contributed by atoms with Crippen molar-refractivity contribution in [2.75, 3.05) is 24.6 Å². The fourth-order valence-electron chi connectivity index (χ4n) is 9.07. The molecule has 72 heavy (non-hydrogen) atoms. The maximum atomic E-state index is 13.8. The first-order valence-corrected chi connectivity index (χ1v) is 27.6. The summed E-state index contributed by atoms with van der Waals surface area (Å²) in [4.78, 5) is 24.8. The number of carbonyl (C=O) groups is 2. The molecule has 6 unspecified atom stereocenters. The smallest absolute Gasteiger partial charge is 0.407 e. The molecule has 2 heterocycles. The Bertz CT molecular complexity index is 2710. The fraction of sp³-hybridized carbons (Fsp3) is 0.509. The number of hydrogen-bond acceptors (Lipinski definition) is 11. The second-order valence-corrected chi connectivity index (χ2v) is 24.9. The van der Waals surface area contributed by atoms with Crippen LogP contribution in [0.2, 0.25) is 0 Å². The Hall–Kier alpha value is -4.92. The van der Waals surface area contributed by atoms with Crippen LogP contribution in [0.3, 0.4) is 0 Å². The zero-order chi connectivity index (χ0) is 53.3. The highest BCUT2D eigenvalue weighted by atomic mass is 32.2. The predicted molar refractivity (Wildman–Crippen MR) is 268 cm³/mol. The van der Waals surface area contributed by atoms with Crippen molar-refractivity contribution >= 4 is 31.7 Å². The lowest BCUT2D eigenvalue weighted by molar-refractivity contribution is -0.120. The lowest BCUT2D eigenvalue weighted by Gasteiger charge is -2.31. The van der Waals surface area contributed by atoms with E-state index in [-0.39, 0.29) is 65.9 Å². The molecule has 0 saturated heterocycles. The van der Waals surface area contributed by atoms with Crippen LogP contribution in [0.1, 0.15) is 114 Å². The van der Waals surface area contributed by atoms with Crippen LogP contribution in [-0.2, 0) is 54.9 Å². The third kappa shape index (κ3) is 17.4. The molecule has 0 spiro atoms. The maximum Gasteiger partial charge on any atom is 0.407 e. The van der Waals surface area contributed by atoms with Gasteiger partial charge in [-0.25, -0.2) is 39.2 Å². The molecule has 6 atom stereocenters. The Morgan fingerprint density at radius 2 is 0.972 bits per heavy atom. The lowest BCUT2D eigenvalue weighted by Crippen LogP contribution is -2.50. The maximum absolute atomic E-state index is 13.8. The average molecular weight is 1050 g/mol. The van der Waals surface area contributed by atoms with Crippen molar-refractivity contribution in [3.8, 4) is 0 Å². The minimum Gasteiger partial charge on any atom is -0.444 e. The van der Waals surface area contributed by atoms with E-state index in [2.05, 4.69) is 49.0 Å². The zero-order valence-corrected chi connectivity index (χ0v) is 43.8. The molecule has 2 aliphatic heterocycles. The van der Waals surface area contributed by atoms with Crippen LogP contribution in [0.4, 0.5) is 22.4 Å². The number of halogens is 4. The van der Waals surface area contributed by atoms with Gasteiger partial charge in [0.15, 0.2) is 19.7 Å². The van der Waals surface area contributed by atoms with Crippen LogP contribution in [0.25, 0.3) is 0 Å². The van der Waals surface area contributed by atoms with Gasteiger partial charge in [0.05, 0.1) is 45.6 Å². The number of hydrogen-bond donors (Lipinski definition) is 6. The van der Waals surface area contributed by atoms with E-state index in [4.69, 9.17) is 4.74 Å². The molecular formula is C53H70F4N4O9S2.